The minimum absolute atomic E-state index is 0.0648. The molecule has 3 rings (SSSR count). The fraction of sp³-hybridized carbons (Fsp3) is 0.182. The van der Waals surface area contributed by atoms with E-state index in [0.717, 1.165) is 22.8 Å². The highest BCUT2D eigenvalue weighted by Crippen LogP contribution is 2.23. The highest BCUT2D eigenvalue weighted by atomic mass is 19.1. The number of carbonyl (C=O) groups excluding carboxylic acids is 2. The predicted octanol–water partition coefficient (Wildman–Crippen LogP) is 4.47. The van der Waals surface area contributed by atoms with E-state index < -0.39 is 0 Å². The Labute approximate surface area is 163 Å². The van der Waals surface area contributed by atoms with Crippen LogP contribution in [0.15, 0.2) is 54.6 Å². The average molecular weight is 379 g/mol. The second kappa shape index (κ2) is 7.68. The maximum Gasteiger partial charge on any atom is 0.257 e. The van der Waals surface area contributed by atoms with Gasteiger partial charge in [0, 0.05) is 42.4 Å². The molecule has 0 aliphatic heterocycles. The van der Waals surface area contributed by atoms with Crippen LogP contribution in [0.3, 0.4) is 0 Å². The molecule has 0 aliphatic carbocycles. The molecule has 1 heterocycles. The second-order valence-corrected chi connectivity index (χ2v) is 6.68. The highest BCUT2D eigenvalue weighted by molar-refractivity contribution is 6.05. The molecule has 0 unspecified atom stereocenters. The van der Waals surface area contributed by atoms with Crippen molar-refractivity contribution in [2.75, 3.05) is 17.3 Å². The number of rotatable bonds is 4. The monoisotopic (exact) mass is 379 g/mol. The van der Waals surface area contributed by atoms with Crippen LogP contribution >= 0.6 is 0 Å². The molecule has 2 amide bonds. The molecule has 0 spiro atoms. The number of anilines is 2. The van der Waals surface area contributed by atoms with Gasteiger partial charge in [-0.05, 0) is 68.4 Å². The lowest BCUT2D eigenvalue weighted by Crippen LogP contribution is -2.22. The zero-order valence-corrected chi connectivity index (χ0v) is 16.3. The standard InChI is InChI=1S/C22H22FN3O2/c1-14-13-21(15(2)26(14)20-9-5-17(23)6-10-20)22(28)24-18-7-11-19(12-8-18)25(4)16(3)27/h5-13H,1-4H3,(H,24,28). The normalized spacial score (nSPS) is 10.6. The van der Waals surface area contributed by atoms with Gasteiger partial charge in [-0.3, -0.25) is 9.59 Å². The number of aromatic nitrogens is 1. The number of halogens is 1. The van der Waals surface area contributed by atoms with Gasteiger partial charge in [0.05, 0.1) is 5.56 Å². The number of nitrogens with zero attached hydrogens (tertiary/aromatic N) is 2. The molecule has 0 saturated heterocycles. The molecule has 0 aliphatic rings. The number of hydrogen-bond donors (Lipinski definition) is 1. The van der Waals surface area contributed by atoms with E-state index in [0.29, 0.717) is 11.3 Å². The van der Waals surface area contributed by atoms with Crippen LogP contribution in [-0.2, 0) is 4.79 Å². The fourth-order valence-electron chi connectivity index (χ4n) is 3.13. The summed E-state index contributed by atoms with van der Waals surface area (Å²) in [5.41, 5.74) is 4.39. The number of benzene rings is 2. The zero-order valence-electron chi connectivity index (χ0n) is 16.3. The summed E-state index contributed by atoms with van der Waals surface area (Å²) in [6, 6.07) is 15.0. The van der Waals surface area contributed by atoms with Gasteiger partial charge in [0.25, 0.3) is 5.91 Å². The number of amides is 2. The zero-order chi connectivity index (χ0) is 20.4. The van der Waals surface area contributed by atoms with Gasteiger partial charge >= 0.3 is 0 Å². The van der Waals surface area contributed by atoms with Crippen LogP contribution in [-0.4, -0.2) is 23.4 Å². The Morgan fingerprint density at radius 3 is 2.18 bits per heavy atom. The molecule has 0 radical (unpaired) electrons. The third-order valence-corrected chi connectivity index (χ3v) is 4.75. The van der Waals surface area contributed by atoms with Crippen LogP contribution in [0.2, 0.25) is 0 Å². The largest absolute Gasteiger partial charge is 0.322 e. The van der Waals surface area contributed by atoms with Gasteiger partial charge in [-0.25, -0.2) is 4.39 Å². The minimum atomic E-state index is -0.303. The van der Waals surface area contributed by atoms with E-state index in [1.807, 2.05) is 24.5 Å². The van der Waals surface area contributed by atoms with E-state index >= 15 is 0 Å². The Kier molecular flexibility index (Phi) is 5.31. The van der Waals surface area contributed by atoms with Crippen molar-refractivity contribution in [1.82, 2.24) is 4.57 Å². The van der Waals surface area contributed by atoms with Crippen LogP contribution in [0.4, 0.5) is 15.8 Å². The molecule has 28 heavy (non-hydrogen) atoms. The third kappa shape index (κ3) is 3.81. The third-order valence-electron chi connectivity index (χ3n) is 4.75. The molecular formula is C22H22FN3O2. The van der Waals surface area contributed by atoms with Crippen molar-refractivity contribution in [2.24, 2.45) is 0 Å². The lowest BCUT2D eigenvalue weighted by molar-refractivity contribution is -0.116. The Morgan fingerprint density at radius 1 is 1.00 bits per heavy atom. The molecule has 6 heteroatoms. The average Bonchev–Trinajstić information content (AvgIpc) is 2.97. The Balaban J connectivity index is 1.83. The van der Waals surface area contributed by atoms with Crippen molar-refractivity contribution in [1.29, 1.82) is 0 Å². The topological polar surface area (TPSA) is 54.3 Å². The van der Waals surface area contributed by atoms with Gasteiger partial charge in [-0.1, -0.05) is 0 Å². The molecule has 1 aromatic heterocycles. The van der Waals surface area contributed by atoms with E-state index in [1.54, 1.807) is 43.4 Å². The van der Waals surface area contributed by atoms with E-state index in [1.165, 1.54) is 24.0 Å². The van der Waals surface area contributed by atoms with Crippen LogP contribution in [0.25, 0.3) is 5.69 Å². The highest BCUT2D eigenvalue weighted by Gasteiger charge is 2.17. The number of nitrogens with one attached hydrogen (secondary N) is 1. The van der Waals surface area contributed by atoms with Crippen molar-refractivity contribution in [3.63, 3.8) is 0 Å². The molecule has 0 saturated carbocycles. The van der Waals surface area contributed by atoms with Gasteiger partial charge in [-0.15, -0.1) is 0 Å². The van der Waals surface area contributed by atoms with Crippen molar-refractivity contribution >= 4 is 23.2 Å². The Morgan fingerprint density at radius 2 is 1.61 bits per heavy atom. The minimum Gasteiger partial charge on any atom is -0.322 e. The summed E-state index contributed by atoms with van der Waals surface area (Å²) in [6.45, 7) is 5.25. The quantitative estimate of drug-likeness (QED) is 0.727. The van der Waals surface area contributed by atoms with Gasteiger partial charge < -0.3 is 14.8 Å². The molecule has 0 atom stereocenters. The van der Waals surface area contributed by atoms with Crippen molar-refractivity contribution < 1.29 is 14.0 Å². The summed E-state index contributed by atoms with van der Waals surface area (Å²) >= 11 is 0. The maximum atomic E-state index is 13.2. The summed E-state index contributed by atoms with van der Waals surface area (Å²) < 4.78 is 15.1. The van der Waals surface area contributed by atoms with Gasteiger partial charge in [0.1, 0.15) is 5.82 Å². The molecule has 0 bridgehead atoms. The van der Waals surface area contributed by atoms with Gasteiger partial charge in [-0.2, -0.15) is 0 Å². The van der Waals surface area contributed by atoms with E-state index in [2.05, 4.69) is 5.32 Å². The molecular weight excluding hydrogens is 357 g/mol. The molecule has 5 nitrogen and oxygen atoms in total. The number of carbonyl (C=O) groups is 2. The smallest absolute Gasteiger partial charge is 0.257 e. The van der Waals surface area contributed by atoms with Gasteiger partial charge in [0.2, 0.25) is 5.91 Å². The summed E-state index contributed by atoms with van der Waals surface area (Å²) in [6.07, 6.45) is 0. The maximum absolute atomic E-state index is 13.2. The summed E-state index contributed by atoms with van der Waals surface area (Å²) in [4.78, 5) is 25.7. The van der Waals surface area contributed by atoms with Crippen molar-refractivity contribution in [3.05, 3.63) is 77.4 Å². The van der Waals surface area contributed by atoms with E-state index in [-0.39, 0.29) is 17.6 Å². The van der Waals surface area contributed by atoms with Crippen LogP contribution in [0.1, 0.15) is 28.7 Å². The lowest BCUT2D eigenvalue weighted by Gasteiger charge is -2.15. The molecule has 1 N–H and O–H groups in total. The molecule has 3 aromatic rings. The fourth-order valence-corrected chi connectivity index (χ4v) is 3.13. The summed E-state index contributed by atoms with van der Waals surface area (Å²) in [7, 11) is 1.69. The van der Waals surface area contributed by atoms with Crippen LogP contribution < -0.4 is 10.2 Å². The predicted molar refractivity (Wildman–Crippen MR) is 109 cm³/mol. The van der Waals surface area contributed by atoms with Crippen LogP contribution in [0.5, 0.6) is 0 Å². The molecule has 2 aromatic carbocycles. The second-order valence-electron chi connectivity index (χ2n) is 6.68. The van der Waals surface area contributed by atoms with E-state index in [4.69, 9.17) is 0 Å². The van der Waals surface area contributed by atoms with E-state index in [9.17, 15) is 14.0 Å². The first-order valence-electron chi connectivity index (χ1n) is 8.88. The SMILES string of the molecule is CC(=O)N(C)c1ccc(NC(=O)c2cc(C)n(-c3ccc(F)cc3)c2C)cc1. The first-order chi connectivity index (χ1) is 13.3. The Hall–Kier alpha value is -3.41. The van der Waals surface area contributed by atoms with Crippen LogP contribution in [0, 0.1) is 19.7 Å². The summed E-state index contributed by atoms with van der Waals surface area (Å²) in [5, 5.41) is 2.88. The summed E-state index contributed by atoms with van der Waals surface area (Å²) in [5.74, 6) is -0.595. The number of hydrogen-bond acceptors (Lipinski definition) is 2. The molecule has 0 fully saturated rings. The first kappa shape index (κ1) is 19.4. The molecule has 144 valence electrons. The van der Waals surface area contributed by atoms with Gasteiger partial charge in [0.15, 0.2) is 0 Å². The first-order valence-corrected chi connectivity index (χ1v) is 8.88. The number of aryl methyl sites for hydroxylation is 1. The lowest BCUT2D eigenvalue weighted by atomic mass is 10.2. The van der Waals surface area contributed by atoms with Crippen molar-refractivity contribution in [3.8, 4) is 5.69 Å². The Bertz CT molecular complexity index is 1020. The van der Waals surface area contributed by atoms with Crippen molar-refractivity contribution in [2.45, 2.75) is 20.8 Å².